The number of halogens is 2. The lowest BCUT2D eigenvalue weighted by molar-refractivity contribution is 0.117. The summed E-state index contributed by atoms with van der Waals surface area (Å²) in [5, 5.41) is 3.20. The standard InChI is InChI=1S/C27H33ClFN7O3/c1-15-3-5-16(6-4-15)13-36-24-21(32-26(36)35-14-20(38-2)8-19(35)10-29)9-22(25-33-27(37)39-34-25)31-23(24)17-7-18(28)12-30-11-17/h7,9,11-12,15-16,19-20,25,34H,3-6,8,10,13-14H2,1-2H3,(H,33,37)/t15?,16?,19-,20-,25?/m1/s1. The zero-order chi connectivity index (χ0) is 27.1. The molecule has 1 unspecified atom stereocenters. The van der Waals surface area contributed by atoms with E-state index in [1.54, 1.807) is 19.5 Å². The number of alkyl halides is 1. The Morgan fingerprint density at radius 1 is 1.21 bits per heavy atom. The van der Waals surface area contributed by atoms with E-state index < -0.39 is 18.9 Å². The van der Waals surface area contributed by atoms with Gasteiger partial charge in [0, 0.05) is 38.2 Å². The number of nitrogens with zero attached hydrogens (tertiary/aromatic N) is 5. The van der Waals surface area contributed by atoms with Crippen LogP contribution in [0.1, 0.15) is 50.9 Å². The number of hydrogen-bond acceptors (Lipinski definition) is 8. The van der Waals surface area contributed by atoms with E-state index in [4.69, 9.17) is 31.1 Å². The van der Waals surface area contributed by atoms with Crippen molar-refractivity contribution in [2.75, 3.05) is 25.2 Å². The molecule has 0 bridgehead atoms. The summed E-state index contributed by atoms with van der Waals surface area (Å²) < 4.78 is 22.1. The number of aromatic nitrogens is 4. The first-order chi connectivity index (χ1) is 18.9. The molecule has 2 saturated heterocycles. The molecule has 0 spiro atoms. The fourth-order valence-electron chi connectivity index (χ4n) is 6.08. The minimum absolute atomic E-state index is 0.0742. The summed E-state index contributed by atoms with van der Waals surface area (Å²) in [5.41, 5.74) is 6.10. The quantitative estimate of drug-likeness (QED) is 0.427. The van der Waals surface area contributed by atoms with Crippen LogP contribution < -0.4 is 15.7 Å². The summed E-state index contributed by atoms with van der Waals surface area (Å²) in [6, 6.07) is 3.34. The maximum absolute atomic E-state index is 14.3. The normalized spacial score (nSPS) is 27.2. The highest BCUT2D eigenvalue weighted by atomic mass is 35.5. The number of anilines is 1. The van der Waals surface area contributed by atoms with Crippen LogP contribution in [0.5, 0.6) is 0 Å². The predicted molar refractivity (Wildman–Crippen MR) is 145 cm³/mol. The topological polar surface area (TPSA) is 106 Å². The lowest BCUT2D eigenvalue weighted by atomic mass is 9.83. The first kappa shape index (κ1) is 26.2. The highest BCUT2D eigenvalue weighted by molar-refractivity contribution is 6.30. The molecule has 3 aromatic heterocycles. The average molecular weight is 558 g/mol. The average Bonchev–Trinajstić information content (AvgIpc) is 3.66. The molecular formula is C27H33ClFN7O3. The van der Waals surface area contributed by atoms with E-state index in [2.05, 4.69) is 27.3 Å². The minimum Gasteiger partial charge on any atom is -0.380 e. The Morgan fingerprint density at radius 2 is 2.03 bits per heavy atom. The van der Waals surface area contributed by atoms with E-state index in [0.29, 0.717) is 46.8 Å². The first-order valence-electron chi connectivity index (χ1n) is 13.5. The molecule has 208 valence electrons. The Labute approximate surface area is 231 Å². The molecule has 1 aliphatic carbocycles. The van der Waals surface area contributed by atoms with E-state index in [9.17, 15) is 9.18 Å². The summed E-state index contributed by atoms with van der Waals surface area (Å²) in [6.07, 6.45) is 7.22. The number of methoxy groups -OCH3 is 1. The van der Waals surface area contributed by atoms with Gasteiger partial charge in [0.2, 0.25) is 5.95 Å². The zero-order valence-electron chi connectivity index (χ0n) is 22.1. The number of rotatable bonds is 7. The molecule has 3 aliphatic rings. The van der Waals surface area contributed by atoms with Crippen molar-refractivity contribution in [1.29, 1.82) is 0 Å². The van der Waals surface area contributed by atoms with Gasteiger partial charge in [-0.1, -0.05) is 31.4 Å². The number of nitrogens with one attached hydrogen (secondary N) is 2. The van der Waals surface area contributed by atoms with E-state index in [0.717, 1.165) is 36.4 Å². The van der Waals surface area contributed by atoms with Crippen molar-refractivity contribution in [3.63, 3.8) is 0 Å². The summed E-state index contributed by atoms with van der Waals surface area (Å²) >= 11 is 6.35. The number of hydroxylamine groups is 1. The van der Waals surface area contributed by atoms with E-state index in [-0.39, 0.29) is 12.1 Å². The van der Waals surface area contributed by atoms with Crippen LogP contribution in [-0.4, -0.2) is 58.1 Å². The Balaban J connectivity index is 1.54. The van der Waals surface area contributed by atoms with Gasteiger partial charge in [0.1, 0.15) is 6.67 Å². The second-order valence-electron chi connectivity index (χ2n) is 10.9. The molecule has 39 heavy (non-hydrogen) atoms. The highest BCUT2D eigenvalue weighted by Crippen LogP contribution is 2.38. The number of hydrogen-bond donors (Lipinski definition) is 2. The Kier molecular flexibility index (Phi) is 7.30. The van der Waals surface area contributed by atoms with Crippen LogP contribution in [0.2, 0.25) is 5.02 Å². The molecule has 0 radical (unpaired) electrons. The van der Waals surface area contributed by atoms with Gasteiger partial charge in [-0.05, 0) is 43.2 Å². The molecule has 1 saturated carbocycles. The van der Waals surface area contributed by atoms with Crippen molar-refractivity contribution in [2.24, 2.45) is 11.8 Å². The van der Waals surface area contributed by atoms with Crippen molar-refractivity contribution in [2.45, 2.75) is 63.9 Å². The smallest absolute Gasteiger partial charge is 0.380 e. The largest absolute Gasteiger partial charge is 0.427 e. The van der Waals surface area contributed by atoms with Gasteiger partial charge in [0.15, 0.2) is 6.17 Å². The Morgan fingerprint density at radius 3 is 2.72 bits per heavy atom. The zero-order valence-corrected chi connectivity index (χ0v) is 22.8. The highest BCUT2D eigenvalue weighted by Gasteiger charge is 2.37. The summed E-state index contributed by atoms with van der Waals surface area (Å²) in [4.78, 5) is 33.1. The lowest BCUT2D eigenvalue weighted by Gasteiger charge is -2.29. The van der Waals surface area contributed by atoms with Gasteiger partial charge in [0.05, 0.1) is 39.6 Å². The lowest BCUT2D eigenvalue weighted by Crippen LogP contribution is -2.34. The molecule has 3 atom stereocenters. The number of amides is 1. The van der Waals surface area contributed by atoms with Crippen LogP contribution in [0, 0.1) is 11.8 Å². The maximum atomic E-state index is 14.3. The van der Waals surface area contributed by atoms with Gasteiger partial charge < -0.3 is 19.0 Å². The molecule has 3 aromatic rings. The number of carbonyl (C=O) groups is 1. The second-order valence-corrected chi connectivity index (χ2v) is 11.4. The third-order valence-electron chi connectivity index (χ3n) is 8.25. The summed E-state index contributed by atoms with van der Waals surface area (Å²) in [6.45, 7) is 3.12. The second kappa shape index (κ2) is 10.9. The molecule has 2 N–H and O–H groups in total. The predicted octanol–water partition coefficient (Wildman–Crippen LogP) is 4.78. The van der Waals surface area contributed by atoms with Crippen molar-refractivity contribution >= 4 is 34.7 Å². The SMILES string of the molecule is CO[C@@H]1C[C@H](CF)N(c2nc3cc(C4NOC(=O)N4)nc(-c4cncc(Cl)c4)c3n2CC2CCC(C)CC2)C1. The number of pyridine rings is 2. The molecule has 0 aromatic carbocycles. The maximum Gasteiger partial charge on any atom is 0.427 e. The minimum atomic E-state index is -0.649. The molecule has 10 nitrogen and oxygen atoms in total. The van der Waals surface area contributed by atoms with Crippen LogP contribution >= 0.6 is 11.6 Å². The molecular weight excluding hydrogens is 525 g/mol. The number of fused-ring (bicyclic) bond motifs is 1. The summed E-state index contributed by atoms with van der Waals surface area (Å²) in [5.74, 6) is 1.91. The van der Waals surface area contributed by atoms with Gasteiger partial charge in [0.25, 0.3) is 0 Å². The van der Waals surface area contributed by atoms with E-state index in [1.165, 1.54) is 12.8 Å². The molecule has 1 amide bonds. The number of imidazole rings is 1. The van der Waals surface area contributed by atoms with Gasteiger partial charge in [-0.3, -0.25) is 10.3 Å². The fourth-order valence-corrected chi connectivity index (χ4v) is 6.25. The van der Waals surface area contributed by atoms with Gasteiger partial charge in [-0.25, -0.2) is 19.2 Å². The number of carbonyl (C=O) groups excluding carboxylic acids is 1. The van der Waals surface area contributed by atoms with E-state index >= 15 is 0 Å². The Hall–Kier alpha value is -3.02. The van der Waals surface area contributed by atoms with Crippen LogP contribution in [0.25, 0.3) is 22.3 Å². The monoisotopic (exact) mass is 557 g/mol. The number of ether oxygens (including phenoxy) is 1. The van der Waals surface area contributed by atoms with Crippen molar-refractivity contribution < 1.29 is 18.8 Å². The molecule has 5 heterocycles. The molecule has 3 fully saturated rings. The van der Waals surface area contributed by atoms with Gasteiger partial charge in [-0.2, -0.15) is 0 Å². The van der Waals surface area contributed by atoms with Crippen molar-refractivity contribution in [3.8, 4) is 11.3 Å². The third kappa shape index (κ3) is 5.15. The van der Waals surface area contributed by atoms with Crippen LogP contribution in [0.4, 0.5) is 15.1 Å². The van der Waals surface area contributed by atoms with Crippen LogP contribution in [0.3, 0.4) is 0 Å². The third-order valence-corrected chi connectivity index (χ3v) is 8.46. The van der Waals surface area contributed by atoms with Gasteiger partial charge in [-0.15, -0.1) is 5.48 Å². The fraction of sp³-hybridized carbons (Fsp3) is 0.556. The molecule has 6 rings (SSSR count). The van der Waals surface area contributed by atoms with Crippen LogP contribution in [0.15, 0.2) is 24.5 Å². The van der Waals surface area contributed by atoms with Crippen molar-refractivity contribution in [3.05, 3.63) is 35.2 Å². The van der Waals surface area contributed by atoms with E-state index in [1.807, 2.05) is 17.0 Å². The Bertz CT molecular complexity index is 1360. The first-order valence-corrected chi connectivity index (χ1v) is 13.9. The van der Waals surface area contributed by atoms with Crippen LogP contribution in [-0.2, 0) is 16.1 Å². The summed E-state index contributed by atoms with van der Waals surface area (Å²) in [7, 11) is 1.67. The molecule has 2 aliphatic heterocycles. The molecule has 12 heteroatoms. The van der Waals surface area contributed by atoms with Crippen molar-refractivity contribution in [1.82, 2.24) is 30.3 Å². The van der Waals surface area contributed by atoms with Gasteiger partial charge >= 0.3 is 6.09 Å².